The summed E-state index contributed by atoms with van der Waals surface area (Å²) >= 11 is 2.25. The molecule has 2 aliphatic rings. The van der Waals surface area contributed by atoms with Crippen LogP contribution in [0.15, 0.2) is 88.7 Å². The van der Waals surface area contributed by atoms with Crippen molar-refractivity contribution >= 4 is 52.2 Å². The number of benzene rings is 3. The molecule has 3 heterocycles. The first-order valence-electron chi connectivity index (χ1n) is 12.0. The summed E-state index contributed by atoms with van der Waals surface area (Å²) in [5, 5.41) is 12.0. The van der Waals surface area contributed by atoms with E-state index in [1.54, 1.807) is 54.6 Å². The van der Waals surface area contributed by atoms with Crippen LogP contribution in [0.4, 0.5) is 11.4 Å². The number of hydrogen-bond donors (Lipinski definition) is 3. The SMILES string of the molecule is O=C(COc1cccc([C@H]2c3sc(=O)[nH]c3SC3C(=O)N(c4ccccc4)C(=O)C32)c1)Nc1ccc(O)cc1. The van der Waals surface area contributed by atoms with Crippen LogP contribution in [0, 0.1) is 5.92 Å². The first-order chi connectivity index (χ1) is 18.9. The third-order valence-corrected chi connectivity index (χ3v) is 8.98. The van der Waals surface area contributed by atoms with Crippen molar-refractivity contribution < 1.29 is 24.2 Å². The van der Waals surface area contributed by atoms with Crippen LogP contribution >= 0.6 is 23.1 Å². The largest absolute Gasteiger partial charge is 0.508 e. The van der Waals surface area contributed by atoms with Gasteiger partial charge in [-0.3, -0.25) is 19.2 Å². The van der Waals surface area contributed by atoms with Crippen molar-refractivity contribution in [3.63, 3.8) is 0 Å². The Labute approximate surface area is 230 Å². The molecule has 2 unspecified atom stereocenters. The van der Waals surface area contributed by atoms with Gasteiger partial charge >= 0.3 is 4.87 Å². The van der Waals surface area contributed by atoms with Gasteiger partial charge in [-0.25, -0.2) is 4.90 Å². The molecule has 1 aromatic heterocycles. The number of anilines is 2. The lowest BCUT2D eigenvalue weighted by atomic mass is 9.83. The molecule has 0 bridgehead atoms. The van der Waals surface area contributed by atoms with E-state index < -0.39 is 17.1 Å². The molecule has 0 radical (unpaired) electrons. The van der Waals surface area contributed by atoms with Gasteiger partial charge in [0.15, 0.2) is 6.61 Å². The number of phenols is 1. The zero-order chi connectivity index (χ0) is 27.1. The average Bonchev–Trinajstić information content (AvgIpc) is 3.43. The number of nitrogens with one attached hydrogen (secondary N) is 2. The fourth-order valence-electron chi connectivity index (χ4n) is 4.90. The fraction of sp³-hybridized carbons (Fsp3) is 0.143. The van der Waals surface area contributed by atoms with E-state index in [4.69, 9.17) is 4.74 Å². The highest BCUT2D eigenvalue weighted by Gasteiger charge is 2.56. The highest BCUT2D eigenvalue weighted by atomic mass is 32.2. The van der Waals surface area contributed by atoms with Crippen LogP contribution in [-0.4, -0.2) is 39.7 Å². The van der Waals surface area contributed by atoms with Gasteiger partial charge in [-0.2, -0.15) is 0 Å². The molecular formula is C28H21N3O6S2. The number of imide groups is 1. The molecule has 9 nitrogen and oxygen atoms in total. The van der Waals surface area contributed by atoms with E-state index in [0.29, 0.717) is 32.6 Å². The summed E-state index contributed by atoms with van der Waals surface area (Å²) in [6.07, 6.45) is 0. The number of amides is 3. The van der Waals surface area contributed by atoms with E-state index in [1.807, 2.05) is 12.1 Å². The number of carbonyl (C=O) groups excluding carboxylic acids is 3. The predicted octanol–water partition coefficient (Wildman–Crippen LogP) is 3.96. The van der Waals surface area contributed by atoms with E-state index in [9.17, 15) is 24.3 Å². The predicted molar refractivity (Wildman–Crippen MR) is 148 cm³/mol. The van der Waals surface area contributed by atoms with Crippen LogP contribution < -0.4 is 19.8 Å². The summed E-state index contributed by atoms with van der Waals surface area (Å²) in [5.74, 6) is -1.79. The number of aromatic amines is 1. The van der Waals surface area contributed by atoms with E-state index in [0.717, 1.165) is 11.3 Å². The Morgan fingerprint density at radius 1 is 0.974 bits per heavy atom. The van der Waals surface area contributed by atoms with Gasteiger partial charge in [-0.1, -0.05) is 53.4 Å². The minimum Gasteiger partial charge on any atom is -0.508 e. The standard InChI is InChI=1S/C28H21N3O6S2/c32-18-11-9-16(10-12-18)29-20(33)14-37-19-8-4-5-15(13-19)21-22-24(38-25-23(21)39-28(36)30-25)27(35)31(26(22)34)17-6-2-1-3-7-17/h1-13,21-22,24,32H,14H2,(H,29,33)(H,30,36)/t21-,22?,24?/m1/s1. The summed E-state index contributed by atoms with van der Waals surface area (Å²) in [7, 11) is 0. The summed E-state index contributed by atoms with van der Waals surface area (Å²) in [4.78, 5) is 56.4. The van der Waals surface area contributed by atoms with Gasteiger partial charge in [0.2, 0.25) is 11.8 Å². The fourth-order valence-corrected chi connectivity index (χ4v) is 7.41. The smallest absolute Gasteiger partial charge is 0.305 e. The number of thioether (sulfide) groups is 1. The number of carbonyl (C=O) groups is 3. The Morgan fingerprint density at radius 3 is 2.51 bits per heavy atom. The van der Waals surface area contributed by atoms with Crippen LogP contribution in [0.5, 0.6) is 11.5 Å². The van der Waals surface area contributed by atoms with E-state index in [-0.39, 0.29) is 35.0 Å². The molecule has 0 aliphatic carbocycles. The minimum absolute atomic E-state index is 0.0920. The minimum atomic E-state index is -0.713. The molecule has 3 N–H and O–H groups in total. The molecule has 3 atom stereocenters. The molecule has 3 aromatic carbocycles. The van der Waals surface area contributed by atoms with Crippen LogP contribution in [0.25, 0.3) is 0 Å². The van der Waals surface area contributed by atoms with Crippen molar-refractivity contribution in [3.8, 4) is 11.5 Å². The normalized spacial score (nSPS) is 19.9. The number of hydrogen-bond acceptors (Lipinski definition) is 8. The maximum atomic E-state index is 13.8. The molecule has 4 aromatic rings. The maximum absolute atomic E-state index is 13.8. The van der Waals surface area contributed by atoms with Gasteiger partial charge in [-0.05, 0) is 54.1 Å². The van der Waals surface area contributed by atoms with Crippen molar-refractivity contribution in [2.75, 3.05) is 16.8 Å². The van der Waals surface area contributed by atoms with E-state index >= 15 is 0 Å². The summed E-state index contributed by atoms with van der Waals surface area (Å²) in [6.45, 7) is -0.265. The lowest BCUT2D eigenvalue weighted by Gasteiger charge is -2.30. The third-order valence-electron chi connectivity index (χ3n) is 6.58. The topological polar surface area (TPSA) is 129 Å². The molecule has 0 spiro atoms. The number of rotatable bonds is 6. The van der Waals surface area contributed by atoms with Gasteiger partial charge in [0, 0.05) is 16.5 Å². The Kier molecular flexibility index (Phi) is 6.45. The lowest BCUT2D eigenvalue weighted by molar-refractivity contribution is -0.122. The molecule has 1 saturated heterocycles. The van der Waals surface area contributed by atoms with Crippen molar-refractivity contribution in [1.29, 1.82) is 0 Å². The Hall–Kier alpha value is -4.35. The molecule has 3 amide bonds. The summed E-state index contributed by atoms with van der Waals surface area (Å²) in [6, 6.07) is 21.9. The van der Waals surface area contributed by atoms with Gasteiger partial charge < -0.3 is 20.1 Å². The monoisotopic (exact) mass is 559 g/mol. The molecule has 196 valence electrons. The molecule has 6 rings (SSSR count). The van der Waals surface area contributed by atoms with E-state index in [1.165, 1.54) is 28.8 Å². The van der Waals surface area contributed by atoms with Crippen molar-refractivity contribution in [2.45, 2.75) is 16.2 Å². The second-order valence-electron chi connectivity index (χ2n) is 9.05. The molecular weight excluding hydrogens is 538 g/mol. The number of para-hydroxylation sites is 1. The summed E-state index contributed by atoms with van der Waals surface area (Å²) in [5.41, 5.74) is 1.73. The number of thiazole rings is 1. The van der Waals surface area contributed by atoms with Crippen LogP contribution in [0.3, 0.4) is 0 Å². The van der Waals surface area contributed by atoms with Gasteiger partial charge in [0.25, 0.3) is 5.91 Å². The molecule has 0 saturated carbocycles. The molecule has 2 aliphatic heterocycles. The highest BCUT2D eigenvalue weighted by molar-refractivity contribution is 8.00. The number of H-pyrrole nitrogens is 1. The second-order valence-corrected chi connectivity index (χ2v) is 11.2. The Bertz CT molecular complexity index is 1630. The van der Waals surface area contributed by atoms with E-state index in [2.05, 4.69) is 10.3 Å². The second kappa shape index (κ2) is 10.1. The number of ether oxygens (including phenoxy) is 1. The highest BCUT2D eigenvalue weighted by Crippen LogP contribution is 2.53. The Morgan fingerprint density at radius 2 is 1.74 bits per heavy atom. The quantitative estimate of drug-likeness (QED) is 0.241. The van der Waals surface area contributed by atoms with Gasteiger partial charge in [-0.15, -0.1) is 0 Å². The van der Waals surface area contributed by atoms with Crippen LogP contribution in [0.2, 0.25) is 0 Å². The van der Waals surface area contributed by atoms with Crippen molar-refractivity contribution in [3.05, 3.63) is 99.0 Å². The molecule has 11 heteroatoms. The average molecular weight is 560 g/mol. The first-order valence-corrected chi connectivity index (χ1v) is 13.7. The third kappa shape index (κ3) is 4.70. The van der Waals surface area contributed by atoms with Gasteiger partial charge in [0.1, 0.15) is 16.7 Å². The zero-order valence-corrected chi connectivity index (χ0v) is 21.8. The molecule has 1 fully saturated rings. The lowest BCUT2D eigenvalue weighted by Crippen LogP contribution is -2.32. The molecule has 39 heavy (non-hydrogen) atoms. The van der Waals surface area contributed by atoms with Gasteiger partial charge in [0.05, 0.1) is 16.6 Å². The maximum Gasteiger partial charge on any atom is 0.305 e. The van der Waals surface area contributed by atoms with Crippen LogP contribution in [-0.2, 0) is 14.4 Å². The van der Waals surface area contributed by atoms with Crippen molar-refractivity contribution in [1.82, 2.24) is 4.98 Å². The first kappa shape index (κ1) is 25.0. The number of fused-ring (bicyclic) bond motifs is 2. The summed E-state index contributed by atoms with van der Waals surface area (Å²) < 4.78 is 5.74. The zero-order valence-electron chi connectivity index (χ0n) is 20.2. The number of aromatic hydroxyl groups is 1. The van der Waals surface area contributed by atoms with Crippen molar-refractivity contribution in [2.24, 2.45) is 5.92 Å². The number of nitrogens with zero attached hydrogens (tertiary/aromatic N) is 1. The number of aromatic nitrogens is 1. The Balaban J connectivity index is 1.28. The van der Waals surface area contributed by atoms with Crippen LogP contribution in [0.1, 0.15) is 16.4 Å². The number of phenolic OH excluding ortho intramolecular Hbond substituents is 1.